The maximum atomic E-state index is 10.7. The Morgan fingerprint density at radius 2 is 2.10 bits per heavy atom. The number of aromatic carboxylic acids is 1. The number of pyridine rings is 1. The second-order valence-electron chi connectivity index (χ2n) is 3.66. The molecule has 0 fully saturated rings. The predicted octanol–water partition coefficient (Wildman–Crippen LogP) is 3.13. The normalized spacial score (nSPS) is 10.1. The number of aromatic nitrogens is 1. The lowest BCUT2D eigenvalue weighted by atomic mass is 10.2. The third-order valence-electron chi connectivity index (χ3n) is 2.32. The third kappa shape index (κ3) is 3.01. The standard InChI is InChI=1S/C12H7ClN2O5/c13-9-5-7(12(16)17)1-3-10(9)20-11-4-2-8(6-14-11)15(18)19/h1-6H,(H,16,17). The van der Waals surface area contributed by atoms with Crippen LogP contribution < -0.4 is 4.74 Å². The van der Waals surface area contributed by atoms with Crippen molar-refractivity contribution in [3.8, 4) is 11.6 Å². The van der Waals surface area contributed by atoms with Gasteiger partial charge in [-0.25, -0.2) is 9.78 Å². The first-order chi connectivity index (χ1) is 9.47. The number of halogens is 1. The van der Waals surface area contributed by atoms with Crippen LogP contribution in [0.5, 0.6) is 11.6 Å². The minimum atomic E-state index is -1.10. The van der Waals surface area contributed by atoms with Gasteiger partial charge in [-0.1, -0.05) is 11.6 Å². The van der Waals surface area contributed by atoms with Crippen molar-refractivity contribution in [3.05, 3.63) is 57.2 Å². The zero-order valence-corrected chi connectivity index (χ0v) is 10.6. The molecule has 0 radical (unpaired) electrons. The van der Waals surface area contributed by atoms with Crippen LogP contribution in [0.2, 0.25) is 5.02 Å². The van der Waals surface area contributed by atoms with E-state index in [-0.39, 0.29) is 27.9 Å². The summed E-state index contributed by atoms with van der Waals surface area (Å²) >= 11 is 5.88. The van der Waals surface area contributed by atoms with Crippen LogP contribution >= 0.6 is 11.6 Å². The minimum Gasteiger partial charge on any atom is -0.478 e. The summed E-state index contributed by atoms with van der Waals surface area (Å²) in [5, 5.41) is 19.4. The highest BCUT2D eigenvalue weighted by Gasteiger charge is 2.10. The van der Waals surface area contributed by atoms with Crippen LogP contribution in [-0.4, -0.2) is 21.0 Å². The number of nitrogens with zero attached hydrogens (tertiary/aromatic N) is 2. The maximum absolute atomic E-state index is 10.7. The molecule has 0 saturated heterocycles. The molecule has 1 heterocycles. The molecule has 2 rings (SSSR count). The van der Waals surface area contributed by atoms with Gasteiger partial charge in [0.1, 0.15) is 11.9 Å². The molecule has 0 amide bonds. The number of carboxylic acids is 1. The first-order valence-electron chi connectivity index (χ1n) is 5.28. The Labute approximate surface area is 117 Å². The van der Waals surface area contributed by atoms with Crippen LogP contribution in [-0.2, 0) is 0 Å². The summed E-state index contributed by atoms with van der Waals surface area (Å²) in [6.07, 6.45) is 1.05. The number of nitro groups is 1. The molecule has 1 aromatic carbocycles. The number of ether oxygens (including phenoxy) is 1. The van der Waals surface area contributed by atoms with Crippen molar-refractivity contribution >= 4 is 23.3 Å². The van der Waals surface area contributed by atoms with E-state index < -0.39 is 10.9 Å². The predicted molar refractivity (Wildman–Crippen MR) is 69.4 cm³/mol. The van der Waals surface area contributed by atoms with Gasteiger partial charge in [0, 0.05) is 12.1 Å². The highest BCUT2D eigenvalue weighted by Crippen LogP contribution is 2.29. The fourth-order valence-corrected chi connectivity index (χ4v) is 1.59. The molecule has 0 saturated carbocycles. The van der Waals surface area contributed by atoms with Crippen molar-refractivity contribution in [1.29, 1.82) is 0 Å². The number of rotatable bonds is 4. The quantitative estimate of drug-likeness (QED) is 0.686. The fourth-order valence-electron chi connectivity index (χ4n) is 1.37. The van der Waals surface area contributed by atoms with Gasteiger partial charge in [-0.3, -0.25) is 10.1 Å². The highest BCUT2D eigenvalue weighted by molar-refractivity contribution is 6.32. The van der Waals surface area contributed by atoms with Crippen LogP contribution in [0.1, 0.15) is 10.4 Å². The molecule has 8 heteroatoms. The SMILES string of the molecule is O=C(O)c1ccc(Oc2ccc([N+](=O)[O-])cn2)c(Cl)c1. The highest BCUT2D eigenvalue weighted by atomic mass is 35.5. The molecule has 20 heavy (non-hydrogen) atoms. The van der Waals surface area contributed by atoms with E-state index in [0.29, 0.717) is 0 Å². The van der Waals surface area contributed by atoms with E-state index in [0.717, 1.165) is 6.20 Å². The van der Waals surface area contributed by atoms with Crippen molar-refractivity contribution in [2.45, 2.75) is 0 Å². The maximum Gasteiger partial charge on any atom is 0.335 e. The second-order valence-corrected chi connectivity index (χ2v) is 4.07. The van der Waals surface area contributed by atoms with Gasteiger partial charge in [0.2, 0.25) is 5.88 Å². The molecule has 102 valence electrons. The van der Waals surface area contributed by atoms with E-state index in [1.807, 2.05) is 0 Å². The number of hydrogen-bond donors (Lipinski definition) is 1. The van der Waals surface area contributed by atoms with Gasteiger partial charge in [0.25, 0.3) is 5.69 Å². The van der Waals surface area contributed by atoms with Gasteiger partial charge in [-0.15, -0.1) is 0 Å². The van der Waals surface area contributed by atoms with E-state index >= 15 is 0 Å². The van der Waals surface area contributed by atoms with Crippen LogP contribution in [0.15, 0.2) is 36.5 Å². The summed E-state index contributed by atoms with van der Waals surface area (Å²) in [7, 11) is 0. The monoisotopic (exact) mass is 294 g/mol. The van der Waals surface area contributed by atoms with Gasteiger partial charge >= 0.3 is 5.97 Å². The van der Waals surface area contributed by atoms with Gasteiger partial charge in [-0.2, -0.15) is 0 Å². The molecule has 0 aliphatic rings. The smallest absolute Gasteiger partial charge is 0.335 e. The van der Waals surface area contributed by atoms with Gasteiger partial charge in [0.05, 0.1) is 15.5 Å². The topological polar surface area (TPSA) is 103 Å². The summed E-state index contributed by atoms with van der Waals surface area (Å²) in [4.78, 5) is 24.4. The molecule has 0 atom stereocenters. The van der Waals surface area contributed by atoms with E-state index in [4.69, 9.17) is 21.4 Å². The molecule has 7 nitrogen and oxygen atoms in total. The first-order valence-corrected chi connectivity index (χ1v) is 5.66. The Morgan fingerprint density at radius 1 is 1.35 bits per heavy atom. The van der Waals surface area contributed by atoms with Crippen LogP contribution in [0.4, 0.5) is 5.69 Å². The molecule has 1 N–H and O–H groups in total. The number of carbonyl (C=O) groups is 1. The summed E-state index contributed by atoms with van der Waals surface area (Å²) in [6.45, 7) is 0. The summed E-state index contributed by atoms with van der Waals surface area (Å²) in [6, 6.07) is 6.51. The van der Waals surface area contributed by atoms with Crippen molar-refractivity contribution in [2.24, 2.45) is 0 Å². The van der Waals surface area contributed by atoms with E-state index in [1.54, 1.807) is 0 Å². The second kappa shape index (κ2) is 5.54. The molecule has 0 spiro atoms. The van der Waals surface area contributed by atoms with Gasteiger partial charge < -0.3 is 9.84 Å². The van der Waals surface area contributed by atoms with Crippen molar-refractivity contribution in [2.75, 3.05) is 0 Å². The zero-order chi connectivity index (χ0) is 14.7. The summed E-state index contributed by atoms with van der Waals surface area (Å²) in [5.41, 5.74) is -0.135. The Hall–Kier alpha value is -2.67. The molecule has 1 aromatic heterocycles. The lowest BCUT2D eigenvalue weighted by Crippen LogP contribution is -1.97. The third-order valence-corrected chi connectivity index (χ3v) is 2.62. The number of benzene rings is 1. The Morgan fingerprint density at radius 3 is 2.60 bits per heavy atom. The van der Waals surface area contributed by atoms with E-state index in [9.17, 15) is 14.9 Å². The molecule has 0 aliphatic carbocycles. The molecular weight excluding hydrogens is 288 g/mol. The minimum absolute atomic E-state index is 0.0269. The number of hydrogen-bond acceptors (Lipinski definition) is 5. The summed E-state index contributed by atoms with van der Waals surface area (Å²) < 4.78 is 5.32. The number of carboxylic acid groups (broad SMARTS) is 1. The van der Waals surface area contributed by atoms with Crippen LogP contribution in [0.25, 0.3) is 0 Å². The average Bonchev–Trinajstić information content (AvgIpc) is 2.41. The van der Waals surface area contributed by atoms with E-state index in [2.05, 4.69) is 4.98 Å². The molecule has 0 unspecified atom stereocenters. The Bertz CT molecular complexity index is 672. The van der Waals surface area contributed by atoms with E-state index in [1.165, 1.54) is 30.3 Å². The Balaban J connectivity index is 2.21. The first kappa shape index (κ1) is 13.8. The summed E-state index contributed by atoms with van der Waals surface area (Å²) in [5.74, 6) is -0.787. The molecule has 0 bridgehead atoms. The zero-order valence-electron chi connectivity index (χ0n) is 9.82. The molecular formula is C12H7ClN2O5. The van der Waals surface area contributed by atoms with Crippen molar-refractivity contribution in [3.63, 3.8) is 0 Å². The average molecular weight is 295 g/mol. The lowest BCUT2D eigenvalue weighted by molar-refractivity contribution is -0.385. The largest absolute Gasteiger partial charge is 0.478 e. The molecule has 2 aromatic rings. The van der Waals surface area contributed by atoms with Crippen molar-refractivity contribution < 1.29 is 19.6 Å². The van der Waals surface area contributed by atoms with Gasteiger partial charge in [-0.05, 0) is 18.2 Å². The lowest BCUT2D eigenvalue weighted by Gasteiger charge is -2.06. The Kier molecular flexibility index (Phi) is 3.81. The van der Waals surface area contributed by atoms with Crippen LogP contribution in [0.3, 0.4) is 0 Å². The fraction of sp³-hybridized carbons (Fsp3) is 0. The van der Waals surface area contributed by atoms with Crippen LogP contribution in [0, 0.1) is 10.1 Å². The molecule has 0 aliphatic heterocycles. The van der Waals surface area contributed by atoms with Gasteiger partial charge in [0.15, 0.2) is 0 Å². The van der Waals surface area contributed by atoms with Crippen molar-refractivity contribution in [1.82, 2.24) is 4.98 Å².